The van der Waals surface area contributed by atoms with Gasteiger partial charge < -0.3 is 19.5 Å². The molecule has 0 aromatic heterocycles. The lowest BCUT2D eigenvalue weighted by Gasteiger charge is -2.17. The van der Waals surface area contributed by atoms with Crippen LogP contribution in [0.1, 0.15) is 29.7 Å². The maximum absolute atomic E-state index is 12.2. The number of aryl methyl sites for hydroxylation is 2. The first-order valence-electron chi connectivity index (χ1n) is 8.16. The van der Waals surface area contributed by atoms with Crippen LogP contribution in [0.5, 0.6) is 17.2 Å². The summed E-state index contributed by atoms with van der Waals surface area (Å²) in [7, 11) is 3.18. The van der Waals surface area contributed by atoms with Gasteiger partial charge in [-0.25, -0.2) is 0 Å². The first kappa shape index (κ1) is 18.6. The number of benzene rings is 2. The first-order chi connectivity index (χ1) is 11.9. The number of methoxy groups -OCH3 is 2. The number of carbonyl (C=O) groups excluding carboxylic acids is 1. The van der Waals surface area contributed by atoms with Crippen LogP contribution in [-0.4, -0.2) is 26.7 Å². The molecule has 2 aromatic carbocycles. The van der Waals surface area contributed by atoms with E-state index in [1.165, 1.54) is 0 Å². The summed E-state index contributed by atoms with van der Waals surface area (Å²) < 4.78 is 16.2. The number of nitrogens with one attached hydrogen (secondary N) is 1. The minimum absolute atomic E-state index is 0.0259. The van der Waals surface area contributed by atoms with Gasteiger partial charge in [0.2, 0.25) is 0 Å². The SMILES string of the molecule is COc1ccc(C(C)NC(=O)COc2cc(C)ccc2C)cc1OC. The number of ether oxygens (including phenoxy) is 3. The van der Waals surface area contributed by atoms with Crippen molar-refractivity contribution >= 4 is 5.91 Å². The van der Waals surface area contributed by atoms with Crippen LogP contribution in [0.25, 0.3) is 0 Å². The summed E-state index contributed by atoms with van der Waals surface area (Å²) in [6, 6.07) is 11.3. The fourth-order valence-corrected chi connectivity index (χ4v) is 2.49. The minimum atomic E-state index is -0.178. The van der Waals surface area contributed by atoms with E-state index in [9.17, 15) is 4.79 Å². The second-order valence-corrected chi connectivity index (χ2v) is 5.96. The van der Waals surface area contributed by atoms with Crippen molar-refractivity contribution in [3.05, 3.63) is 53.1 Å². The molecule has 1 atom stereocenters. The largest absolute Gasteiger partial charge is 0.493 e. The van der Waals surface area contributed by atoms with Crippen LogP contribution in [-0.2, 0) is 4.79 Å². The molecule has 1 N–H and O–H groups in total. The van der Waals surface area contributed by atoms with E-state index < -0.39 is 0 Å². The van der Waals surface area contributed by atoms with Crippen molar-refractivity contribution in [1.82, 2.24) is 5.32 Å². The van der Waals surface area contributed by atoms with Crippen molar-refractivity contribution in [2.45, 2.75) is 26.8 Å². The second kappa shape index (κ2) is 8.42. The van der Waals surface area contributed by atoms with Gasteiger partial charge in [0.25, 0.3) is 5.91 Å². The Kier molecular flexibility index (Phi) is 6.28. The Labute approximate surface area is 148 Å². The average Bonchev–Trinajstić information content (AvgIpc) is 2.61. The highest BCUT2D eigenvalue weighted by Crippen LogP contribution is 2.29. The highest BCUT2D eigenvalue weighted by atomic mass is 16.5. The molecule has 5 nitrogen and oxygen atoms in total. The number of hydrogen-bond donors (Lipinski definition) is 1. The van der Waals surface area contributed by atoms with Gasteiger partial charge in [0.15, 0.2) is 18.1 Å². The van der Waals surface area contributed by atoms with Gasteiger partial charge in [-0.15, -0.1) is 0 Å². The Morgan fingerprint density at radius 1 is 1.00 bits per heavy atom. The molecule has 0 saturated carbocycles. The fourth-order valence-electron chi connectivity index (χ4n) is 2.49. The molecule has 0 aliphatic heterocycles. The topological polar surface area (TPSA) is 56.8 Å². The van der Waals surface area contributed by atoms with E-state index >= 15 is 0 Å². The lowest BCUT2D eigenvalue weighted by atomic mass is 10.1. The third-order valence-corrected chi connectivity index (χ3v) is 3.99. The van der Waals surface area contributed by atoms with Gasteiger partial charge >= 0.3 is 0 Å². The highest BCUT2D eigenvalue weighted by molar-refractivity contribution is 5.78. The monoisotopic (exact) mass is 343 g/mol. The molecule has 0 aliphatic rings. The molecule has 2 aromatic rings. The molecule has 1 unspecified atom stereocenters. The number of rotatable bonds is 7. The summed E-state index contributed by atoms with van der Waals surface area (Å²) >= 11 is 0. The van der Waals surface area contributed by atoms with E-state index in [-0.39, 0.29) is 18.6 Å². The Morgan fingerprint density at radius 3 is 2.40 bits per heavy atom. The highest BCUT2D eigenvalue weighted by Gasteiger charge is 2.13. The molecule has 0 saturated heterocycles. The van der Waals surface area contributed by atoms with E-state index in [0.717, 1.165) is 22.4 Å². The van der Waals surface area contributed by atoms with Gasteiger partial charge in [0.05, 0.1) is 20.3 Å². The normalized spacial score (nSPS) is 11.6. The Morgan fingerprint density at radius 2 is 1.72 bits per heavy atom. The predicted octanol–water partition coefficient (Wildman–Crippen LogP) is 3.58. The number of hydrogen-bond acceptors (Lipinski definition) is 4. The molecule has 0 fully saturated rings. The van der Waals surface area contributed by atoms with Crippen LogP contribution < -0.4 is 19.5 Å². The van der Waals surface area contributed by atoms with Crippen LogP contribution in [0.15, 0.2) is 36.4 Å². The van der Waals surface area contributed by atoms with Crippen molar-refractivity contribution < 1.29 is 19.0 Å². The van der Waals surface area contributed by atoms with Crippen LogP contribution in [0.3, 0.4) is 0 Å². The van der Waals surface area contributed by atoms with Crippen LogP contribution >= 0.6 is 0 Å². The predicted molar refractivity (Wildman–Crippen MR) is 97.5 cm³/mol. The summed E-state index contributed by atoms with van der Waals surface area (Å²) in [6.45, 7) is 5.84. The van der Waals surface area contributed by atoms with Gasteiger partial charge in [0, 0.05) is 0 Å². The average molecular weight is 343 g/mol. The van der Waals surface area contributed by atoms with E-state index in [4.69, 9.17) is 14.2 Å². The van der Waals surface area contributed by atoms with E-state index in [1.54, 1.807) is 14.2 Å². The summed E-state index contributed by atoms with van der Waals surface area (Å²) in [5.41, 5.74) is 3.03. The smallest absolute Gasteiger partial charge is 0.258 e. The zero-order valence-electron chi connectivity index (χ0n) is 15.4. The Balaban J connectivity index is 1.97. The van der Waals surface area contributed by atoms with Crippen molar-refractivity contribution in [2.24, 2.45) is 0 Å². The third-order valence-electron chi connectivity index (χ3n) is 3.99. The molecule has 2 rings (SSSR count). The van der Waals surface area contributed by atoms with Gasteiger partial charge in [-0.05, 0) is 55.7 Å². The minimum Gasteiger partial charge on any atom is -0.493 e. The molecule has 1 amide bonds. The Bertz CT molecular complexity index is 742. The lowest BCUT2D eigenvalue weighted by Crippen LogP contribution is -2.31. The molecular weight excluding hydrogens is 318 g/mol. The van der Waals surface area contributed by atoms with Gasteiger partial charge in [-0.2, -0.15) is 0 Å². The van der Waals surface area contributed by atoms with Crippen molar-refractivity contribution in [3.8, 4) is 17.2 Å². The van der Waals surface area contributed by atoms with Crippen molar-refractivity contribution in [3.63, 3.8) is 0 Å². The van der Waals surface area contributed by atoms with E-state index in [2.05, 4.69) is 5.32 Å². The molecule has 134 valence electrons. The summed E-state index contributed by atoms with van der Waals surface area (Å²) in [5, 5.41) is 2.93. The van der Waals surface area contributed by atoms with Crippen LogP contribution in [0.2, 0.25) is 0 Å². The molecule has 0 heterocycles. The third kappa shape index (κ3) is 4.89. The maximum atomic E-state index is 12.2. The molecule has 25 heavy (non-hydrogen) atoms. The maximum Gasteiger partial charge on any atom is 0.258 e. The van der Waals surface area contributed by atoms with Crippen molar-refractivity contribution in [1.29, 1.82) is 0 Å². The quantitative estimate of drug-likeness (QED) is 0.835. The van der Waals surface area contributed by atoms with E-state index in [0.29, 0.717) is 11.5 Å². The summed E-state index contributed by atoms with van der Waals surface area (Å²) in [6.07, 6.45) is 0. The summed E-state index contributed by atoms with van der Waals surface area (Å²) in [4.78, 5) is 12.2. The summed E-state index contributed by atoms with van der Waals surface area (Å²) in [5.74, 6) is 1.84. The molecule has 0 radical (unpaired) electrons. The molecule has 0 bridgehead atoms. The van der Waals surface area contributed by atoms with Gasteiger partial charge in [-0.3, -0.25) is 4.79 Å². The van der Waals surface area contributed by atoms with Gasteiger partial charge in [-0.1, -0.05) is 18.2 Å². The van der Waals surface area contributed by atoms with Crippen LogP contribution in [0.4, 0.5) is 0 Å². The molecule has 0 spiro atoms. The zero-order valence-corrected chi connectivity index (χ0v) is 15.4. The standard InChI is InChI=1S/C20H25NO4/c1-13-6-7-14(2)18(10-13)25-12-20(22)21-15(3)16-8-9-17(23-4)19(11-16)24-5/h6-11,15H,12H2,1-5H3,(H,21,22). The van der Waals surface area contributed by atoms with Crippen LogP contribution in [0, 0.1) is 13.8 Å². The van der Waals surface area contributed by atoms with E-state index in [1.807, 2.05) is 57.2 Å². The second-order valence-electron chi connectivity index (χ2n) is 5.96. The first-order valence-corrected chi connectivity index (χ1v) is 8.16. The lowest BCUT2D eigenvalue weighted by molar-refractivity contribution is -0.123. The van der Waals surface area contributed by atoms with Gasteiger partial charge in [0.1, 0.15) is 5.75 Å². The zero-order chi connectivity index (χ0) is 18.4. The molecule has 0 aliphatic carbocycles. The number of carbonyl (C=O) groups is 1. The molecular formula is C20H25NO4. The fraction of sp³-hybridized carbons (Fsp3) is 0.350. The number of amides is 1. The molecule has 5 heteroatoms. The Hall–Kier alpha value is -2.69. The van der Waals surface area contributed by atoms with Crippen molar-refractivity contribution in [2.75, 3.05) is 20.8 Å².